The highest BCUT2D eigenvalue weighted by atomic mass is 16.5. The first kappa shape index (κ1) is 21.0. The van der Waals surface area contributed by atoms with Crippen molar-refractivity contribution in [1.29, 1.82) is 0 Å². The average Bonchev–Trinajstić information content (AvgIpc) is 3.16. The molecule has 158 valence electrons. The molecule has 2 aromatic heterocycles. The monoisotopic (exact) mass is 402 g/mol. The van der Waals surface area contributed by atoms with Crippen molar-refractivity contribution in [2.75, 3.05) is 19.6 Å². The van der Waals surface area contributed by atoms with Crippen LogP contribution in [-0.2, 0) is 16.0 Å². The summed E-state index contributed by atoms with van der Waals surface area (Å²) in [5, 5.41) is 11.1. The number of carbonyl (C=O) groups is 2. The molecule has 0 radical (unpaired) electrons. The Morgan fingerprint density at radius 3 is 2.59 bits per heavy atom. The van der Waals surface area contributed by atoms with Crippen LogP contribution in [0.4, 0.5) is 0 Å². The number of nitrogens with one attached hydrogen (secondary N) is 1. The van der Waals surface area contributed by atoms with Gasteiger partial charge in [-0.3, -0.25) is 14.7 Å². The van der Waals surface area contributed by atoms with Crippen molar-refractivity contribution in [3.63, 3.8) is 0 Å². The predicted octanol–water partition coefficient (Wildman–Crippen LogP) is 2.11. The molecule has 0 bridgehead atoms. The molecule has 9 heteroatoms. The van der Waals surface area contributed by atoms with E-state index in [1.54, 1.807) is 0 Å². The third-order valence-electron chi connectivity index (χ3n) is 5.41. The van der Waals surface area contributed by atoms with Crippen molar-refractivity contribution in [2.45, 2.75) is 59.9 Å². The Morgan fingerprint density at radius 1 is 1.24 bits per heavy atom. The van der Waals surface area contributed by atoms with Crippen LogP contribution in [0.25, 0.3) is 0 Å². The van der Waals surface area contributed by atoms with Gasteiger partial charge in [0, 0.05) is 37.5 Å². The van der Waals surface area contributed by atoms with E-state index in [0.29, 0.717) is 44.1 Å². The van der Waals surface area contributed by atoms with Gasteiger partial charge < -0.3 is 14.3 Å². The normalized spacial score (nSPS) is 17.7. The molecule has 29 heavy (non-hydrogen) atoms. The fourth-order valence-corrected chi connectivity index (χ4v) is 3.79. The van der Waals surface area contributed by atoms with Crippen molar-refractivity contribution >= 4 is 11.8 Å². The van der Waals surface area contributed by atoms with Crippen molar-refractivity contribution in [1.82, 2.24) is 30.1 Å². The van der Waals surface area contributed by atoms with Gasteiger partial charge in [0.15, 0.2) is 5.82 Å². The number of aromatic nitrogens is 4. The summed E-state index contributed by atoms with van der Waals surface area (Å²) < 4.78 is 5.19. The summed E-state index contributed by atoms with van der Waals surface area (Å²) >= 11 is 0. The number of carbonyl (C=O) groups excluding carboxylic acids is 2. The number of hydrogen-bond acceptors (Lipinski definition) is 6. The molecule has 2 amide bonds. The Bertz CT molecular complexity index is 852. The first-order valence-corrected chi connectivity index (χ1v) is 10.2. The minimum Gasteiger partial charge on any atom is -0.361 e. The van der Waals surface area contributed by atoms with E-state index in [2.05, 4.69) is 20.3 Å². The van der Waals surface area contributed by atoms with Crippen molar-refractivity contribution in [3.05, 3.63) is 28.7 Å². The zero-order valence-electron chi connectivity index (χ0n) is 17.9. The Morgan fingerprint density at radius 2 is 2.00 bits per heavy atom. The lowest BCUT2D eigenvalue weighted by atomic mass is 10.1. The third-order valence-corrected chi connectivity index (χ3v) is 5.41. The molecule has 0 spiro atoms. The Hall–Kier alpha value is -2.71. The maximum atomic E-state index is 13.0. The topological polar surface area (TPSA) is 108 Å². The molecule has 3 heterocycles. The molecule has 1 aliphatic heterocycles. The van der Waals surface area contributed by atoms with Gasteiger partial charge in [-0.1, -0.05) is 19.0 Å². The van der Waals surface area contributed by atoms with E-state index in [-0.39, 0.29) is 23.8 Å². The quantitative estimate of drug-likeness (QED) is 0.820. The Labute approximate surface area is 170 Å². The maximum absolute atomic E-state index is 13.0. The molecule has 9 nitrogen and oxygen atoms in total. The van der Waals surface area contributed by atoms with Gasteiger partial charge in [-0.15, -0.1) is 0 Å². The Balaban J connectivity index is 1.76. The summed E-state index contributed by atoms with van der Waals surface area (Å²) in [6, 6.07) is -0.347. The zero-order valence-corrected chi connectivity index (χ0v) is 17.9. The van der Waals surface area contributed by atoms with Gasteiger partial charge in [-0.2, -0.15) is 5.10 Å². The number of nitrogens with zero attached hydrogens (tertiary/aromatic N) is 5. The first-order chi connectivity index (χ1) is 13.8. The molecule has 1 unspecified atom stereocenters. The van der Waals surface area contributed by atoms with E-state index in [4.69, 9.17) is 4.52 Å². The van der Waals surface area contributed by atoms with Gasteiger partial charge >= 0.3 is 0 Å². The molecular weight excluding hydrogens is 372 g/mol. The fourth-order valence-electron chi connectivity index (χ4n) is 3.79. The standard InChI is InChI=1S/C20H30N6O3/c1-12(2)20(28)26-10-6-9-25(11-17(26)19-21-15(5)22-23-19)18(27)8-7-16-13(3)24-29-14(16)4/h12,17H,6-11H2,1-5H3,(H,21,22,23). The number of amides is 2. The molecule has 1 fully saturated rings. The maximum Gasteiger partial charge on any atom is 0.225 e. The molecular formula is C20H30N6O3. The molecule has 0 aliphatic carbocycles. The second kappa shape index (κ2) is 8.75. The summed E-state index contributed by atoms with van der Waals surface area (Å²) in [4.78, 5) is 33.9. The van der Waals surface area contributed by atoms with Crippen LogP contribution in [0.2, 0.25) is 0 Å². The van der Waals surface area contributed by atoms with E-state index in [0.717, 1.165) is 23.4 Å². The van der Waals surface area contributed by atoms with Crippen LogP contribution in [-0.4, -0.2) is 61.6 Å². The number of rotatable bonds is 5. The van der Waals surface area contributed by atoms with Gasteiger partial charge in [0.2, 0.25) is 11.8 Å². The summed E-state index contributed by atoms with van der Waals surface area (Å²) in [7, 11) is 0. The highest BCUT2D eigenvalue weighted by molar-refractivity contribution is 5.79. The van der Waals surface area contributed by atoms with Crippen LogP contribution in [0.15, 0.2) is 4.52 Å². The minimum atomic E-state index is -0.347. The van der Waals surface area contributed by atoms with Crippen LogP contribution in [0.1, 0.15) is 61.4 Å². The summed E-state index contributed by atoms with van der Waals surface area (Å²) in [6.45, 7) is 11.0. The van der Waals surface area contributed by atoms with Crippen LogP contribution in [0, 0.1) is 26.7 Å². The zero-order chi connectivity index (χ0) is 21.1. The van der Waals surface area contributed by atoms with Crippen LogP contribution in [0.5, 0.6) is 0 Å². The first-order valence-electron chi connectivity index (χ1n) is 10.2. The molecule has 1 N–H and O–H groups in total. The number of aromatic amines is 1. The lowest BCUT2D eigenvalue weighted by molar-refractivity contribution is -0.138. The fraction of sp³-hybridized carbons (Fsp3) is 0.650. The highest BCUT2D eigenvalue weighted by Gasteiger charge is 2.34. The van der Waals surface area contributed by atoms with E-state index in [1.165, 1.54) is 0 Å². The van der Waals surface area contributed by atoms with Crippen LogP contribution >= 0.6 is 0 Å². The van der Waals surface area contributed by atoms with E-state index in [1.807, 2.05) is 44.4 Å². The van der Waals surface area contributed by atoms with Gasteiger partial charge in [0.25, 0.3) is 0 Å². The second-order valence-electron chi connectivity index (χ2n) is 7.98. The summed E-state index contributed by atoms with van der Waals surface area (Å²) in [6.07, 6.45) is 1.70. The van der Waals surface area contributed by atoms with Crippen LogP contribution in [0.3, 0.4) is 0 Å². The van der Waals surface area contributed by atoms with Gasteiger partial charge in [0.1, 0.15) is 17.6 Å². The van der Waals surface area contributed by atoms with Crippen LogP contribution < -0.4 is 0 Å². The average molecular weight is 402 g/mol. The van der Waals surface area contributed by atoms with Crippen molar-refractivity contribution in [2.24, 2.45) is 5.92 Å². The van der Waals surface area contributed by atoms with Gasteiger partial charge in [-0.05, 0) is 33.6 Å². The highest BCUT2D eigenvalue weighted by Crippen LogP contribution is 2.25. The molecule has 1 aliphatic rings. The molecule has 1 atom stereocenters. The molecule has 3 rings (SSSR count). The van der Waals surface area contributed by atoms with Gasteiger partial charge in [-0.25, -0.2) is 4.98 Å². The van der Waals surface area contributed by atoms with E-state index < -0.39 is 0 Å². The molecule has 0 aromatic carbocycles. The number of hydrogen-bond donors (Lipinski definition) is 1. The second-order valence-corrected chi connectivity index (χ2v) is 7.98. The predicted molar refractivity (Wildman–Crippen MR) is 106 cm³/mol. The SMILES string of the molecule is Cc1nc(C2CN(C(=O)CCc3c(C)noc3C)CCCN2C(=O)C(C)C)n[nH]1. The largest absolute Gasteiger partial charge is 0.361 e. The lowest BCUT2D eigenvalue weighted by Crippen LogP contribution is -2.42. The minimum absolute atomic E-state index is 0.0566. The van der Waals surface area contributed by atoms with E-state index in [9.17, 15) is 9.59 Å². The Kier molecular flexibility index (Phi) is 6.34. The van der Waals surface area contributed by atoms with Gasteiger partial charge in [0.05, 0.1) is 5.69 Å². The molecule has 1 saturated heterocycles. The smallest absolute Gasteiger partial charge is 0.225 e. The summed E-state index contributed by atoms with van der Waals surface area (Å²) in [5.41, 5.74) is 1.82. The molecule has 2 aromatic rings. The van der Waals surface area contributed by atoms with Crippen molar-refractivity contribution < 1.29 is 14.1 Å². The third kappa shape index (κ3) is 4.65. The number of H-pyrrole nitrogens is 1. The number of aryl methyl sites for hydroxylation is 3. The van der Waals surface area contributed by atoms with E-state index >= 15 is 0 Å². The lowest BCUT2D eigenvalue weighted by Gasteiger charge is -2.31. The summed E-state index contributed by atoms with van der Waals surface area (Å²) in [5.74, 6) is 2.00. The molecule has 0 saturated carbocycles. The van der Waals surface area contributed by atoms with Crippen molar-refractivity contribution in [3.8, 4) is 0 Å².